The number of anilines is 1. The van der Waals surface area contributed by atoms with Crippen LogP contribution in [0.5, 0.6) is 0 Å². The quantitative estimate of drug-likeness (QED) is 0.790. The summed E-state index contributed by atoms with van der Waals surface area (Å²) in [5.74, 6) is -0.378. The molecule has 1 atom stereocenters. The summed E-state index contributed by atoms with van der Waals surface area (Å²) in [5.41, 5.74) is 1.32. The maximum atomic E-state index is 13.2. The van der Waals surface area contributed by atoms with Gasteiger partial charge in [-0.15, -0.1) is 11.3 Å². The number of carbonyl (C=O) groups is 2. The first kappa shape index (κ1) is 19.5. The summed E-state index contributed by atoms with van der Waals surface area (Å²) in [7, 11) is 0. The van der Waals surface area contributed by atoms with E-state index >= 15 is 0 Å². The molecule has 1 fully saturated rings. The molecule has 1 aromatic heterocycles. The Morgan fingerprint density at radius 3 is 2.52 bits per heavy atom. The van der Waals surface area contributed by atoms with E-state index in [1.54, 1.807) is 12.1 Å². The number of likely N-dealkylation sites (tertiary alicyclic amines) is 1. The van der Waals surface area contributed by atoms with Gasteiger partial charge in [-0.2, -0.15) is 0 Å². The molecule has 1 unspecified atom stereocenters. The van der Waals surface area contributed by atoms with Crippen molar-refractivity contribution < 1.29 is 14.0 Å². The molecule has 4 nitrogen and oxygen atoms in total. The number of benzene rings is 1. The lowest BCUT2D eigenvalue weighted by Gasteiger charge is -2.25. The van der Waals surface area contributed by atoms with Gasteiger partial charge < -0.3 is 10.2 Å². The molecule has 2 amide bonds. The Balaban J connectivity index is 1.81. The van der Waals surface area contributed by atoms with Crippen LogP contribution in [0.25, 0.3) is 0 Å². The van der Waals surface area contributed by atoms with Gasteiger partial charge in [-0.05, 0) is 49.1 Å². The smallest absolute Gasteiger partial charge is 0.264 e. The van der Waals surface area contributed by atoms with Crippen LogP contribution in [0.15, 0.2) is 30.3 Å². The summed E-state index contributed by atoms with van der Waals surface area (Å²) in [4.78, 5) is 27.9. The van der Waals surface area contributed by atoms with Gasteiger partial charge in [0.25, 0.3) is 5.91 Å². The van der Waals surface area contributed by atoms with E-state index in [4.69, 9.17) is 0 Å². The number of thiophene rings is 1. The van der Waals surface area contributed by atoms with Crippen molar-refractivity contribution in [1.29, 1.82) is 0 Å². The zero-order chi connectivity index (χ0) is 19.8. The maximum Gasteiger partial charge on any atom is 0.264 e. The fraction of sp³-hybridized carbons (Fsp3) is 0.429. The lowest BCUT2D eigenvalue weighted by Crippen LogP contribution is -2.30. The molecule has 0 bridgehead atoms. The van der Waals surface area contributed by atoms with Crippen LogP contribution in [0, 0.1) is 18.2 Å². The van der Waals surface area contributed by atoms with E-state index in [2.05, 4.69) is 5.32 Å². The predicted molar refractivity (Wildman–Crippen MR) is 107 cm³/mol. The van der Waals surface area contributed by atoms with Crippen LogP contribution in [-0.2, 0) is 4.79 Å². The molecule has 1 N–H and O–H groups in total. The maximum absolute atomic E-state index is 13.2. The molecule has 0 saturated carbocycles. The number of halogens is 1. The number of rotatable bonds is 3. The molecule has 1 aromatic carbocycles. The fourth-order valence-corrected chi connectivity index (χ4v) is 4.25. The molecule has 3 rings (SSSR count). The molecule has 2 heterocycles. The number of nitrogens with zero attached hydrogens (tertiary/aromatic N) is 1. The molecule has 2 aromatic rings. The number of carbonyl (C=O) groups excluding carboxylic acids is 2. The van der Waals surface area contributed by atoms with Crippen molar-refractivity contribution in [2.75, 3.05) is 11.9 Å². The second-order valence-electron chi connectivity index (χ2n) is 8.04. The third kappa shape index (κ3) is 4.21. The van der Waals surface area contributed by atoms with Gasteiger partial charge in [-0.25, -0.2) is 4.39 Å². The topological polar surface area (TPSA) is 49.4 Å². The first-order valence-electron chi connectivity index (χ1n) is 9.15. The first-order chi connectivity index (χ1) is 12.7. The number of hydrogen-bond acceptors (Lipinski definition) is 3. The van der Waals surface area contributed by atoms with Gasteiger partial charge >= 0.3 is 0 Å². The number of nitrogens with one attached hydrogen (secondary N) is 1. The first-order valence-corrected chi connectivity index (χ1v) is 9.97. The van der Waals surface area contributed by atoms with Gasteiger partial charge in [0.15, 0.2) is 0 Å². The Morgan fingerprint density at radius 2 is 1.89 bits per heavy atom. The van der Waals surface area contributed by atoms with Crippen molar-refractivity contribution in [3.63, 3.8) is 0 Å². The third-order valence-corrected chi connectivity index (χ3v) is 5.94. The Bertz CT molecular complexity index is 852. The molecule has 0 aliphatic carbocycles. The summed E-state index contributed by atoms with van der Waals surface area (Å²) in [6, 6.07) is 8.20. The Morgan fingerprint density at radius 1 is 1.22 bits per heavy atom. The van der Waals surface area contributed by atoms with Gasteiger partial charge in [0.05, 0.1) is 15.9 Å². The van der Waals surface area contributed by atoms with E-state index in [0.717, 1.165) is 24.0 Å². The lowest BCUT2D eigenvalue weighted by molar-refractivity contribution is -0.123. The summed E-state index contributed by atoms with van der Waals surface area (Å²) in [6.45, 7) is 8.13. The molecule has 27 heavy (non-hydrogen) atoms. The van der Waals surface area contributed by atoms with Crippen molar-refractivity contribution in [2.24, 2.45) is 5.41 Å². The zero-order valence-corrected chi connectivity index (χ0v) is 17.0. The molecular formula is C21H25FN2O2S. The van der Waals surface area contributed by atoms with Crippen molar-refractivity contribution in [1.82, 2.24) is 4.90 Å². The van der Waals surface area contributed by atoms with Gasteiger partial charge in [0, 0.05) is 12.0 Å². The van der Waals surface area contributed by atoms with Gasteiger partial charge in [-0.3, -0.25) is 9.59 Å². The minimum Gasteiger partial charge on any atom is -0.331 e. The van der Waals surface area contributed by atoms with Gasteiger partial charge in [0.2, 0.25) is 5.91 Å². The Labute approximate surface area is 163 Å². The highest BCUT2D eigenvalue weighted by atomic mass is 32.1. The highest BCUT2D eigenvalue weighted by molar-refractivity contribution is 7.18. The molecule has 0 radical (unpaired) electrons. The molecule has 6 heteroatoms. The molecular weight excluding hydrogens is 363 g/mol. The summed E-state index contributed by atoms with van der Waals surface area (Å²) in [5, 5.41) is 3.59. The van der Waals surface area contributed by atoms with E-state index in [0.29, 0.717) is 16.4 Å². The molecule has 144 valence electrons. The van der Waals surface area contributed by atoms with Crippen LogP contribution in [-0.4, -0.2) is 23.3 Å². The van der Waals surface area contributed by atoms with Gasteiger partial charge in [0.1, 0.15) is 5.82 Å². The van der Waals surface area contributed by atoms with Crippen molar-refractivity contribution in [3.8, 4) is 0 Å². The predicted octanol–water partition coefficient (Wildman–Crippen LogP) is 5.16. The standard InChI is InChI=1S/C21H25FN2O2S/c1-13-12-17(23-20(26)21(2,3)4)27-18(13)19(25)24-11-5-6-16(24)14-7-9-15(22)10-8-14/h7-10,12,16H,5-6,11H2,1-4H3,(H,23,26). The monoisotopic (exact) mass is 388 g/mol. The number of hydrogen-bond donors (Lipinski definition) is 1. The second-order valence-corrected chi connectivity index (χ2v) is 9.09. The number of aryl methyl sites for hydroxylation is 1. The largest absolute Gasteiger partial charge is 0.331 e. The summed E-state index contributed by atoms with van der Waals surface area (Å²) in [6.07, 6.45) is 1.79. The minimum absolute atomic E-state index is 0.0272. The average Bonchev–Trinajstić information content (AvgIpc) is 3.21. The highest BCUT2D eigenvalue weighted by Crippen LogP contribution is 2.36. The summed E-state index contributed by atoms with van der Waals surface area (Å²) < 4.78 is 13.2. The van der Waals surface area contributed by atoms with E-state index < -0.39 is 5.41 Å². The van der Waals surface area contributed by atoms with Crippen LogP contribution in [0.3, 0.4) is 0 Å². The zero-order valence-electron chi connectivity index (χ0n) is 16.1. The third-order valence-electron chi connectivity index (χ3n) is 4.80. The SMILES string of the molecule is Cc1cc(NC(=O)C(C)(C)C)sc1C(=O)N1CCCC1c1ccc(F)cc1. The second kappa shape index (κ2) is 7.43. The Kier molecular flexibility index (Phi) is 5.38. The molecule has 0 spiro atoms. The molecule has 1 aliphatic rings. The van der Waals surface area contributed by atoms with Crippen molar-refractivity contribution in [2.45, 2.75) is 46.6 Å². The molecule has 1 saturated heterocycles. The molecule has 1 aliphatic heterocycles. The van der Waals surface area contributed by atoms with Crippen LogP contribution in [0.2, 0.25) is 0 Å². The van der Waals surface area contributed by atoms with Crippen molar-refractivity contribution in [3.05, 3.63) is 52.2 Å². The van der Waals surface area contributed by atoms with E-state index in [9.17, 15) is 14.0 Å². The Hall–Kier alpha value is -2.21. The van der Waals surface area contributed by atoms with Crippen LogP contribution >= 0.6 is 11.3 Å². The van der Waals surface area contributed by atoms with Crippen molar-refractivity contribution >= 4 is 28.2 Å². The average molecular weight is 389 g/mol. The van der Waals surface area contributed by atoms with Crippen LogP contribution in [0.1, 0.15) is 60.5 Å². The minimum atomic E-state index is -0.495. The highest BCUT2D eigenvalue weighted by Gasteiger charge is 2.32. The van der Waals surface area contributed by atoms with Crippen LogP contribution in [0.4, 0.5) is 9.39 Å². The lowest BCUT2D eigenvalue weighted by atomic mass is 9.96. The van der Waals surface area contributed by atoms with Gasteiger partial charge in [-0.1, -0.05) is 32.9 Å². The summed E-state index contributed by atoms with van der Waals surface area (Å²) >= 11 is 1.32. The number of amides is 2. The van der Waals surface area contributed by atoms with E-state index in [1.165, 1.54) is 23.5 Å². The van der Waals surface area contributed by atoms with Crippen LogP contribution < -0.4 is 5.32 Å². The van der Waals surface area contributed by atoms with E-state index in [-0.39, 0.29) is 23.7 Å². The fourth-order valence-electron chi connectivity index (χ4n) is 3.23. The van der Waals surface area contributed by atoms with E-state index in [1.807, 2.05) is 38.7 Å². The normalized spacial score (nSPS) is 17.2.